The van der Waals surface area contributed by atoms with Gasteiger partial charge in [0.25, 0.3) is 0 Å². The van der Waals surface area contributed by atoms with Gasteiger partial charge in [0.2, 0.25) is 0 Å². The van der Waals surface area contributed by atoms with Gasteiger partial charge in [0.1, 0.15) is 0 Å². The van der Waals surface area contributed by atoms with E-state index in [2.05, 4.69) is 83.7 Å². The molecule has 1 atom stereocenters. The molecule has 4 heteroatoms. The van der Waals surface area contributed by atoms with Gasteiger partial charge in [0.15, 0.2) is 0 Å². The van der Waals surface area contributed by atoms with Crippen molar-refractivity contribution in [1.29, 1.82) is 0 Å². The van der Waals surface area contributed by atoms with Gasteiger partial charge in [0.05, 0.1) is 0 Å². The van der Waals surface area contributed by atoms with Crippen molar-refractivity contribution in [2.45, 2.75) is 51.7 Å². The number of hydrogen-bond donors (Lipinski definition) is 0. The van der Waals surface area contributed by atoms with E-state index < -0.39 is 0 Å². The third-order valence-electron chi connectivity index (χ3n) is 3.37. The van der Waals surface area contributed by atoms with Crippen molar-refractivity contribution in [1.82, 2.24) is 0 Å². The van der Waals surface area contributed by atoms with Crippen molar-refractivity contribution < 1.29 is 50.0 Å². The van der Waals surface area contributed by atoms with Crippen LogP contribution in [-0.2, 0) is 25.2 Å². The smallest absolute Gasteiger partial charge is 1.00 e. The van der Waals surface area contributed by atoms with Gasteiger partial charge in [-0.15, -0.1) is 0 Å². The van der Waals surface area contributed by atoms with Crippen LogP contribution in [0.1, 0.15) is 51.7 Å². The maximum atomic E-state index is 6.27. The van der Waals surface area contributed by atoms with Crippen LogP contribution >= 0.6 is 0 Å². The van der Waals surface area contributed by atoms with Gasteiger partial charge >= 0.3 is 134 Å². The number of ether oxygens (including phenoxy) is 1. The van der Waals surface area contributed by atoms with E-state index in [-0.39, 0.29) is 36.5 Å². The van der Waals surface area contributed by atoms with Gasteiger partial charge in [-0.3, -0.25) is 0 Å². The fourth-order valence-electron chi connectivity index (χ4n) is 2.46. The van der Waals surface area contributed by atoms with Gasteiger partial charge in [-0.25, -0.2) is 0 Å². The van der Waals surface area contributed by atoms with Gasteiger partial charge in [-0.1, -0.05) is 0 Å². The van der Waals surface area contributed by atoms with Crippen molar-refractivity contribution >= 4 is 0 Å². The second-order valence-electron chi connectivity index (χ2n) is 6.28. The molecule has 1 aromatic rings. The molecule has 1 nitrogen and oxygen atoms in total. The van der Waals surface area contributed by atoms with Gasteiger partial charge in [0, 0.05) is 0 Å². The van der Waals surface area contributed by atoms with Crippen LogP contribution in [0.25, 0.3) is 0 Å². The zero-order valence-corrected chi connectivity index (χ0v) is 16.5. The number of hydrogen-bond acceptors (Lipinski definition) is 1. The van der Waals surface area contributed by atoms with Crippen molar-refractivity contribution in [2.75, 3.05) is 0 Å². The summed E-state index contributed by atoms with van der Waals surface area (Å²) in [7, 11) is 0. The second kappa shape index (κ2) is 9.95. The molecule has 0 radical (unpaired) electrons. The monoisotopic (exact) mass is 373 g/mol. The summed E-state index contributed by atoms with van der Waals surface area (Å²) in [5, 5.41) is 0. The Morgan fingerprint density at radius 2 is 1.77 bits per heavy atom. The molecule has 0 heterocycles. The summed E-state index contributed by atoms with van der Waals surface area (Å²) in [6.45, 7) is 6.38. The summed E-state index contributed by atoms with van der Waals surface area (Å²) in [6, 6.07) is 10.6. The van der Waals surface area contributed by atoms with E-state index in [0.717, 1.165) is 19.3 Å². The summed E-state index contributed by atoms with van der Waals surface area (Å²) in [6.07, 6.45) is 7.95. The molecule has 1 aliphatic rings. The maximum Gasteiger partial charge on any atom is -1.00 e. The molecule has 0 aromatic heterocycles. The molecule has 0 bridgehead atoms. The normalized spacial score (nSPS) is 15.3. The van der Waals surface area contributed by atoms with E-state index in [4.69, 9.17) is 4.74 Å². The molecule has 0 spiro atoms. The SMILES string of the molecule is CC(C)(C)OC(CCC1=[C]([Ti+2])CC=C1)c1ccccc1.[Cl-].[Cl-]. The third kappa shape index (κ3) is 7.02. The zero-order valence-electron chi connectivity index (χ0n) is 13.4. The summed E-state index contributed by atoms with van der Waals surface area (Å²) in [4.78, 5) is 0. The van der Waals surface area contributed by atoms with E-state index >= 15 is 0 Å². The molecule has 1 aliphatic carbocycles. The Morgan fingerprint density at radius 3 is 2.27 bits per heavy atom. The Kier molecular flexibility index (Phi) is 9.93. The molecule has 2 rings (SSSR count). The van der Waals surface area contributed by atoms with Crippen LogP contribution in [0.3, 0.4) is 0 Å². The van der Waals surface area contributed by atoms with Gasteiger partial charge in [-0.05, 0) is 0 Å². The van der Waals surface area contributed by atoms with Crippen LogP contribution in [0.4, 0.5) is 0 Å². The Bertz CT molecular complexity index is 504. The third-order valence-corrected chi connectivity index (χ3v) is 4.19. The number of benzene rings is 1. The fraction of sp³-hybridized carbons (Fsp3) is 0.444. The molecular weight excluding hydrogens is 351 g/mol. The van der Waals surface area contributed by atoms with Gasteiger partial charge in [-0.2, -0.15) is 0 Å². The summed E-state index contributed by atoms with van der Waals surface area (Å²) in [5.74, 6) is 0. The first kappa shape index (κ1) is 22.0. The fourth-order valence-corrected chi connectivity index (χ4v) is 2.97. The minimum atomic E-state index is -0.116. The summed E-state index contributed by atoms with van der Waals surface area (Å²) >= 11 is 2.23. The Morgan fingerprint density at radius 1 is 1.14 bits per heavy atom. The predicted octanol–water partition coefficient (Wildman–Crippen LogP) is -0.908. The molecule has 1 unspecified atom stereocenters. The van der Waals surface area contributed by atoms with Crippen LogP contribution in [0.5, 0.6) is 0 Å². The molecule has 0 aliphatic heterocycles. The van der Waals surface area contributed by atoms with Crippen molar-refractivity contribution in [3.05, 3.63) is 57.5 Å². The quantitative estimate of drug-likeness (QED) is 0.607. The molecular formula is C18H23Cl2OTi. The number of allylic oxidation sites excluding steroid dienone is 4. The van der Waals surface area contributed by atoms with E-state index in [1.165, 1.54) is 15.0 Å². The summed E-state index contributed by atoms with van der Waals surface area (Å²) in [5.41, 5.74) is 2.65. The predicted molar refractivity (Wildman–Crippen MR) is 80.0 cm³/mol. The second-order valence-corrected chi connectivity index (χ2v) is 7.22. The van der Waals surface area contributed by atoms with Crippen LogP contribution in [0.2, 0.25) is 0 Å². The van der Waals surface area contributed by atoms with Crippen molar-refractivity contribution in [2.24, 2.45) is 0 Å². The Labute approximate surface area is 158 Å². The minimum absolute atomic E-state index is 0. The largest absolute Gasteiger partial charge is 1.00 e. The topological polar surface area (TPSA) is 9.23 Å². The zero-order chi connectivity index (χ0) is 14.6. The number of halogens is 2. The van der Waals surface area contributed by atoms with Crippen LogP contribution < -0.4 is 24.8 Å². The van der Waals surface area contributed by atoms with Gasteiger partial charge < -0.3 is 24.8 Å². The molecule has 119 valence electrons. The maximum absolute atomic E-state index is 6.27. The van der Waals surface area contributed by atoms with E-state index in [0.29, 0.717) is 0 Å². The average molecular weight is 374 g/mol. The first-order valence-corrected chi connectivity index (χ1v) is 8.07. The van der Waals surface area contributed by atoms with E-state index in [1.54, 1.807) is 0 Å². The molecule has 0 saturated carbocycles. The standard InChI is InChI=1S/C18H23O.2ClH.Ti/c1-18(2,3)19-17(16-11-5-4-6-12-16)14-13-15-9-7-8-10-15;;;/h4-7,9,11-12,17H,8,13-14H2,1-3H3;2*1H;/q;;;+2/p-2. The molecule has 0 fully saturated rings. The first-order chi connectivity index (χ1) is 9.46. The Balaban J connectivity index is 0.00000220. The minimum Gasteiger partial charge on any atom is -1.00 e. The Hall–Kier alpha value is -0.0457. The van der Waals surface area contributed by atoms with Crippen molar-refractivity contribution in [3.8, 4) is 0 Å². The van der Waals surface area contributed by atoms with Crippen molar-refractivity contribution in [3.63, 3.8) is 0 Å². The molecule has 22 heavy (non-hydrogen) atoms. The van der Waals surface area contributed by atoms with Crippen LogP contribution in [0, 0.1) is 0 Å². The summed E-state index contributed by atoms with van der Waals surface area (Å²) < 4.78 is 7.78. The average Bonchev–Trinajstić information content (AvgIpc) is 2.80. The van der Waals surface area contributed by atoms with Crippen LogP contribution in [-0.4, -0.2) is 5.60 Å². The molecule has 1 aromatic carbocycles. The van der Waals surface area contributed by atoms with E-state index in [9.17, 15) is 0 Å². The first-order valence-electron chi connectivity index (χ1n) is 7.28. The molecule has 0 saturated heterocycles. The van der Waals surface area contributed by atoms with Crippen LogP contribution in [0.15, 0.2) is 51.9 Å². The van der Waals surface area contributed by atoms with E-state index in [1.807, 2.05) is 0 Å². The molecule has 0 amide bonds. The molecule has 0 N–H and O–H groups in total. The number of rotatable bonds is 5.